The zero-order valence-corrected chi connectivity index (χ0v) is 18.3. The topological polar surface area (TPSA) is 100.0 Å². The van der Waals surface area contributed by atoms with Crippen molar-refractivity contribution in [2.45, 2.75) is 50.0 Å². The first-order chi connectivity index (χ1) is 15.2. The number of morpholine rings is 1. The third kappa shape index (κ3) is 4.70. The van der Waals surface area contributed by atoms with Gasteiger partial charge in [0.15, 0.2) is 0 Å². The van der Waals surface area contributed by atoms with Crippen molar-refractivity contribution in [3.05, 3.63) is 35.4 Å². The Morgan fingerprint density at radius 2 is 1.87 bits per heavy atom. The average molecular weight is 447 g/mol. The van der Waals surface area contributed by atoms with Gasteiger partial charge in [0.2, 0.25) is 11.1 Å². The minimum atomic E-state index is -1.02. The highest BCUT2D eigenvalue weighted by molar-refractivity contribution is 7.09. The largest absolute Gasteiger partial charge is 0.388 e. The molecular weight excluding hydrogens is 416 g/mol. The normalized spacial score (nSPS) is 29.5. The first-order valence-electron chi connectivity index (χ1n) is 11.2. The van der Waals surface area contributed by atoms with E-state index < -0.39 is 24.4 Å². The fourth-order valence-corrected chi connectivity index (χ4v) is 5.09. The van der Waals surface area contributed by atoms with E-state index in [2.05, 4.69) is 31.7 Å². The minimum absolute atomic E-state index is 0.277. The quantitative estimate of drug-likeness (QED) is 0.620. The number of nitrogens with one attached hydrogen (secondary N) is 1. The smallest absolute Gasteiger partial charge is 0.239 e. The van der Waals surface area contributed by atoms with Crippen LogP contribution in [0.2, 0.25) is 0 Å². The third-order valence-corrected chi connectivity index (χ3v) is 7.24. The molecule has 4 atom stereocenters. The summed E-state index contributed by atoms with van der Waals surface area (Å²) >= 11 is 1.25. The number of rotatable bonds is 6. The van der Waals surface area contributed by atoms with Gasteiger partial charge in [-0.2, -0.15) is 9.36 Å². The number of aliphatic hydroxyl groups excluding tert-OH is 2. The predicted molar refractivity (Wildman–Crippen MR) is 119 cm³/mol. The Labute approximate surface area is 186 Å². The lowest BCUT2D eigenvalue weighted by Crippen LogP contribution is -2.52. The van der Waals surface area contributed by atoms with E-state index in [-0.39, 0.29) is 6.61 Å². The van der Waals surface area contributed by atoms with Gasteiger partial charge in [-0.1, -0.05) is 43.5 Å². The lowest BCUT2D eigenvalue weighted by molar-refractivity contribution is -0.142. The Kier molecular flexibility index (Phi) is 6.38. The van der Waals surface area contributed by atoms with Gasteiger partial charge in [0.25, 0.3) is 0 Å². The van der Waals surface area contributed by atoms with Crippen molar-refractivity contribution in [3.8, 4) is 0 Å². The molecule has 8 nitrogen and oxygen atoms in total. The van der Waals surface area contributed by atoms with Crippen LogP contribution in [0.15, 0.2) is 24.3 Å². The maximum Gasteiger partial charge on any atom is 0.239 e. The number of hydrogen-bond acceptors (Lipinski definition) is 9. The SMILES string of the molecule is O[C@@H]1[C@H](O)[C@@H](Nc2nc(N3CCOCC3)ns2)CO[C@@H]1c1ccc(CC2CCC2)cc1. The van der Waals surface area contributed by atoms with Crippen molar-refractivity contribution in [1.82, 2.24) is 9.36 Å². The Morgan fingerprint density at radius 3 is 2.58 bits per heavy atom. The average Bonchev–Trinajstić information content (AvgIpc) is 3.24. The van der Waals surface area contributed by atoms with E-state index in [0.29, 0.717) is 24.3 Å². The van der Waals surface area contributed by atoms with Crippen LogP contribution in [0.1, 0.15) is 36.5 Å². The highest BCUT2D eigenvalue weighted by Crippen LogP contribution is 2.33. The zero-order valence-electron chi connectivity index (χ0n) is 17.5. The molecule has 1 saturated carbocycles. The zero-order chi connectivity index (χ0) is 21.2. The fraction of sp³-hybridized carbons (Fsp3) is 0.636. The predicted octanol–water partition coefficient (Wildman–Crippen LogP) is 1.99. The number of hydrogen-bond donors (Lipinski definition) is 3. The number of benzene rings is 1. The lowest BCUT2D eigenvalue weighted by atomic mass is 9.81. The summed E-state index contributed by atoms with van der Waals surface area (Å²) < 4.78 is 15.7. The van der Waals surface area contributed by atoms with Crippen LogP contribution in [0.4, 0.5) is 11.1 Å². The molecular formula is C22H30N4O4S. The Bertz CT molecular complexity index is 853. The summed E-state index contributed by atoms with van der Waals surface area (Å²) in [5.41, 5.74) is 2.22. The summed E-state index contributed by atoms with van der Waals surface area (Å²) in [6.07, 6.45) is 2.61. The second-order valence-electron chi connectivity index (χ2n) is 8.73. The van der Waals surface area contributed by atoms with Crippen molar-refractivity contribution in [2.24, 2.45) is 5.92 Å². The van der Waals surface area contributed by atoms with Gasteiger partial charge in [-0.15, -0.1) is 0 Å². The molecule has 1 aromatic carbocycles. The molecule has 3 N–H and O–H groups in total. The molecule has 0 bridgehead atoms. The first kappa shape index (κ1) is 21.1. The van der Waals surface area contributed by atoms with Crippen molar-refractivity contribution in [1.29, 1.82) is 0 Å². The van der Waals surface area contributed by atoms with Crippen LogP contribution in [-0.4, -0.2) is 70.7 Å². The molecule has 2 aliphatic heterocycles. The number of anilines is 2. The van der Waals surface area contributed by atoms with Crippen LogP contribution >= 0.6 is 11.5 Å². The van der Waals surface area contributed by atoms with Crippen molar-refractivity contribution < 1.29 is 19.7 Å². The van der Waals surface area contributed by atoms with Gasteiger partial charge in [0.1, 0.15) is 18.3 Å². The van der Waals surface area contributed by atoms with Crippen LogP contribution in [0.25, 0.3) is 0 Å². The van der Waals surface area contributed by atoms with Crippen LogP contribution in [-0.2, 0) is 15.9 Å². The maximum absolute atomic E-state index is 10.7. The molecule has 31 heavy (non-hydrogen) atoms. The molecule has 2 saturated heterocycles. The van der Waals surface area contributed by atoms with Crippen LogP contribution in [0, 0.1) is 5.92 Å². The number of ether oxygens (including phenoxy) is 2. The lowest BCUT2D eigenvalue weighted by Gasteiger charge is -2.38. The van der Waals surface area contributed by atoms with Gasteiger partial charge in [0, 0.05) is 24.6 Å². The Morgan fingerprint density at radius 1 is 1.10 bits per heavy atom. The number of aliphatic hydroxyl groups is 2. The van der Waals surface area contributed by atoms with Crippen molar-refractivity contribution in [2.75, 3.05) is 43.1 Å². The second kappa shape index (κ2) is 9.38. The summed E-state index contributed by atoms with van der Waals surface area (Å²) in [5.74, 6) is 1.49. The van der Waals surface area contributed by atoms with E-state index in [9.17, 15) is 10.2 Å². The summed E-state index contributed by atoms with van der Waals surface area (Å²) in [4.78, 5) is 6.61. The molecule has 3 fully saturated rings. The van der Waals surface area contributed by atoms with Crippen molar-refractivity contribution in [3.63, 3.8) is 0 Å². The molecule has 3 heterocycles. The Balaban J connectivity index is 1.18. The minimum Gasteiger partial charge on any atom is -0.388 e. The molecule has 1 aliphatic carbocycles. The van der Waals surface area contributed by atoms with Crippen LogP contribution < -0.4 is 10.2 Å². The van der Waals surface area contributed by atoms with E-state index in [1.165, 1.54) is 36.4 Å². The standard InChI is InChI=1S/C22H30N4O4S/c27-18-17(23-22-24-21(25-31-22)26-8-10-29-11-9-26)13-30-20(19(18)28)16-6-4-15(5-7-16)12-14-2-1-3-14/h4-7,14,17-20,27-28H,1-3,8-13H2,(H,23,24,25)/t17-,18+,19+,20+/m0/s1. The van der Waals surface area contributed by atoms with E-state index in [4.69, 9.17) is 9.47 Å². The number of nitrogens with zero attached hydrogens (tertiary/aromatic N) is 3. The van der Waals surface area contributed by atoms with Crippen LogP contribution in [0.5, 0.6) is 0 Å². The molecule has 9 heteroatoms. The highest BCUT2D eigenvalue weighted by atomic mass is 32.1. The van der Waals surface area contributed by atoms with Gasteiger partial charge < -0.3 is 29.9 Å². The van der Waals surface area contributed by atoms with Crippen LogP contribution in [0.3, 0.4) is 0 Å². The summed E-state index contributed by atoms with van der Waals surface area (Å²) in [7, 11) is 0. The number of aromatic nitrogens is 2. The summed E-state index contributed by atoms with van der Waals surface area (Å²) in [6, 6.07) is 7.82. The molecule has 0 amide bonds. The highest BCUT2D eigenvalue weighted by Gasteiger charge is 2.39. The fourth-order valence-electron chi connectivity index (χ4n) is 4.44. The molecule has 0 radical (unpaired) electrons. The van der Waals surface area contributed by atoms with Crippen molar-refractivity contribution >= 4 is 22.6 Å². The molecule has 0 spiro atoms. The van der Waals surface area contributed by atoms with E-state index in [1.807, 2.05) is 12.1 Å². The van der Waals surface area contributed by atoms with Gasteiger partial charge >= 0.3 is 0 Å². The monoisotopic (exact) mass is 446 g/mol. The third-order valence-electron chi connectivity index (χ3n) is 6.60. The van der Waals surface area contributed by atoms with Gasteiger partial charge in [-0.3, -0.25) is 0 Å². The second-order valence-corrected chi connectivity index (χ2v) is 9.48. The van der Waals surface area contributed by atoms with Gasteiger partial charge in [0.05, 0.1) is 25.9 Å². The van der Waals surface area contributed by atoms with E-state index in [0.717, 1.165) is 31.0 Å². The molecule has 5 rings (SSSR count). The maximum atomic E-state index is 10.7. The molecule has 3 aliphatic rings. The first-order valence-corrected chi connectivity index (χ1v) is 11.9. The van der Waals surface area contributed by atoms with Gasteiger partial charge in [-0.25, -0.2) is 0 Å². The van der Waals surface area contributed by atoms with E-state index >= 15 is 0 Å². The summed E-state index contributed by atoms with van der Waals surface area (Å²) in [5, 5.41) is 25.3. The molecule has 1 aromatic heterocycles. The summed E-state index contributed by atoms with van der Waals surface area (Å²) in [6.45, 7) is 3.16. The molecule has 168 valence electrons. The molecule has 2 aromatic rings. The Hall–Kier alpha value is -1.78. The molecule has 0 unspecified atom stereocenters. The van der Waals surface area contributed by atoms with E-state index in [1.54, 1.807) is 0 Å². The van der Waals surface area contributed by atoms with Gasteiger partial charge in [-0.05, 0) is 23.5 Å².